The van der Waals surface area contributed by atoms with Crippen molar-refractivity contribution in [1.29, 1.82) is 5.26 Å². The highest BCUT2D eigenvalue weighted by molar-refractivity contribution is 9.10. The third-order valence-electron chi connectivity index (χ3n) is 2.09. The Morgan fingerprint density at radius 2 is 2.36 bits per heavy atom. The Hall–Kier alpha value is -0.810. The summed E-state index contributed by atoms with van der Waals surface area (Å²) in [5, 5.41) is 8.66. The molecule has 1 aromatic carbocycles. The molecule has 0 spiro atoms. The summed E-state index contributed by atoms with van der Waals surface area (Å²) in [7, 11) is 0. The largest absolute Gasteiger partial charge is 0.198 e. The molecule has 11 heavy (non-hydrogen) atoms. The molecule has 54 valence electrons. The van der Waals surface area contributed by atoms with Gasteiger partial charge in [0.1, 0.15) is 0 Å². The fourth-order valence-corrected chi connectivity index (χ4v) is 1.96. The summed E-state index contributed by atoms with van der Waals surface area (Å²) in [6.07, 6.45) is 0.910. The van der Waals surface area contributed by atoms with E-state index in [0.29, 0.717) is 0 Å². The zero-order valence-electron chi connectivity index (χ0n) is 5.84. The van der Waals surface area contributed by atoms with Crippen LogP contribution in [-0.2, 0) is 6.42 Å². The van der Waals surface area contributed by atoms with E-state index in [9.17, 15) is 0 Å². The van der Waals surface area contributed by atoms with Crippen LogP contribution in [0.15, 0.2) is 22.7 Å². The highest BCUT2D eigenvalue weighted by Gasteiger charge is 2.26. The molecular weight excluding hydrogens is 202 g/mol. The van der Waals surface area contributed by atoms with Gasteiger partial charge < -0.3 is 0 Å². The van der Waals surface area contributed by atoms with Gasteiger partial charge in [0, 0.05) is 4.47 Å². The second-order valence-electron chi connectivity index (χ2n) is 2.69. The Balaban J connectivity index is 2.50. The molecule has 2 heteroatoms. The molecule has 0 aliphatic heterocycles. The van der Waals surface area contributed by atoms with E-state index in [1.165, 1.54) is 11.1 Å². The normalized spacial score (nSPS) is 19.8. The third-order valence-corrected chi connectivity index (χ3v) is 2.84. The van der Waals surface area contributed by atoms with Crippen LogP contribution in [0.25, 0.3) is 0 Å². The maximum absolute atomic E-state index is 8.66. The second-order valence-corrected chi connectivity index (χ2v) is 3.55. The van der Waals surface area contributed by atoms with Crippen LogP contribution < -0.4 is 0 Å². The number of halogens is 1. The SMILES string of the molecule is N#CC1Cc2c(Br)cccc21. The van der Waals surface area contributed by atoms with Gasteiger partial charge in [-0.05, 0) is 23.6 Å². The molecule has 1 aromatic rings. The topological polar surface area (TPSA) is 23.8 Å². The van der Waals surface area contributed by atoms with E-state index < -0.39 is 0 Å². The summed E-state index contributed by atoms with van der Waals surface area (Å²) in [6, 6.07) is 8.29. The van der Waals surface area contributed by atoms with E-state index in [1.54, 1.807) is 0 Å². The molecule has 2 rings (SSSR count). The lowest BCUT2D eigenvalue weighted by Gasteiger charge is -2.25. The monoisotopic (exact) mass is 207 g/mol. The summed E-state index contributed by atoms with van der Waals surface area (Å²) in [5.41, 5.74) is 2.50. The predicted octanol–water partition coefficient (Wildman–Crippen LogP) is 2.61. The Morgan fingerprint density at radius 1 is 1.55 bits per heavy atom. The maximum Gasteiger partial charge on any atom is 0.0756 e. The third kappa shape index (κ3) is 0.883. The molecule has 0 aromatic heterocycles. The van der Waals surface area contributed by atoms with E-state index >= 15 is 0 Å². The number of benzene rings is 1. The minimum absolute atomic E-state index is 0.141. The molecule has 1 aliphatic rings. The molecule has 1 nitrogen and oxygen atoms in total. The lowest BCUT2D eigenvalue weighted by atomic mass is 9.79. The predicted molar refractivity (Wildman–Crippen MR) is 46.2 cm³/mol. The molecule has 0 N–H and O–H groups in total. The zero-order valence-corrected chi connectivity index (χ0v) is 7.43. The van der Waals surface area contributed by atoms with Crippen molar-refractivity contribution in [1.82, 2.24) is 0 Å². The number of rotatable bonds is 0. The van der Waals surface area contributed by atoms with E-state index in [2.05, 4.69) is 22.0 Å². The van der Waals surface area contributed by atoms with Gasteiger partial charge in [0.05, 0.1) is 12.0 Å². The van der Waals surface area contributed by atoms with Crippen molar-refractivity contribution in [3.63, 3.8) is 0 Å². The Bertz CT molecular complexity index is 338. The number of nitriles is 1. The maximum atomic E-state index is 8.66. The van der Waals surface area contributed by atoms with Crippen molar-refractivity contribution in [3.05, 3.63) is 33.8 Å². The van der Waals surface area contributed by atoms with E-state index in [4.69, 9.17) is 5.26 Å². The summed E-state index contributed by atoms with van der Waals surface area (Å²) in [6.45, 7) is 0. The second kappa shape index (κ2) is 2.35. The van der Waals surface area contributed by atoms with Crippen LogP contribution in [0.4, 0.5) is 0 Å². The molecule has 0 saturated heterocycles. The van der Waals surface area contributed by atoms with Crippen LogP contribution >= 0.6 is 15.9 Å². The molecule has 0 radical (unpaired) electrons. The van der Waals surface area contributed by atoms with Crippen molar-refractivity contribution >= 4 is 15.9 Å². The summed E-state index contributed by atoms with van der Waals surface area (Å²) in [5.74, 6) is 0.141. The fourth-order valence-electron chi connectivity index (χ4n) is 1.42. The van der Waals surface area contributed by atoms with E-state index in [1.807, 2.05) is 18.2 Å². The molecule has 1 aliphatic carbocycles. The van der Waals surface area contributed by atoms with Crippen LogP contribution in [-0.4, -0.2) is 0 Å². The molecule has 0 saturated carbocycles. The van der Waals surface area contributed by atoms with Crippen molar-refractivity contribution in [2.45, 2.75) is 12.3 Å². The Kier molecular flexibility index (Phi) is 1.47. The molecule has 1 unspecified atom stereocenters. The highest BCUT2D eigenvalue weighted by Crippen LogP contribution is 2.38. The fraction of sp³-hybridized carbons (Fsp3) is 0.222. The van der Waals surface area contributed by atoms with Crippen molar-refractivity contribution in [2.24, 2.45) is 0 Å². The van der Waals surface area contributed by atoms with Gasteiger partial charge in [-0.15, -0.1) is 0 Å². The first kappa shape index (κ1) is 6.87. The number of fused-ring (bicyclic) bond motifs is 1. The average molecular weight is 208 g/mol. The van der Waals surface area contributed by atoms with Gasteiger partial charge >= 0.3 is 0 Å². The lowest BCUT2D eigenvalue weighted by molar-refractivity contribution is 0.740. The average Bonchev–Trinajstić information content (AvgIpc) is 1.95. The molecular formula is C9H6BrN. The van der Waals surface area contributed by atoms with Gasteiger partial charge in [-0.2, -0.15) is 5.26 Å². The smallest absolute Gasteiger partial charge is 0.0756 e. The van der Waals surface area contributed by atoms with Crippen LogP contribution in [0.1, 0.15) is 17.0 Å². The minimum Gasteiger partial charge on any atom is -0.198 e. The molecule has 0 heterocycles. The number of hydrogen-bond acceptors (Lipinski definition) is 1. The first-order valence-electron chi connectivity index (χ1n) is 3.50. The quantitative estimate of drug-likeness (QED) is 0.642. The molecule has 0 bridgehead atoms. The van der Waals surface area contributed by atoms with Crippen molar-refractivity contribution in [3.8, 4) is 6.07 Å². The van der Waals surface area contributed by atoms with Crippen molar-refractivity contribution in [2.75, 3.05) is 0 Å². The van der Waals surface area contributed by atoms with Gasteiger partial charge in [-0.3, -0.25) is 0 Å². The first-order chi connectivity index (χ1) is 5.33. The Labute approximate surface area is 73.8 Å². The lowest BCUT2D eigenvalue weighted by Crippen LogP contribution is -2.15. The van der Waals surface area contributed by atoms with E-state index in [0.717, 1.165) is 10.9 Å². The van der Waals surface area contributed by atoms with Crippen molar-refractivity contribution < 1.29 is 0 Å². The minimum atomic E-state index is 0.141. The Morgan fingerprint density at radius 3 is 3.09 bits per heavy atom. The zero-order chi connectivity index (χ0) is 7.84. The summed E-state index contributed by atoms with van der Waals surface area (Å²) < 4.78 is 1.14. The van der Waals surface area contributed by atoms with Gasteiger partial charge in [0.15, 0.2) is 0 Å². The molecule has 1 atom stereocenters. The summed E-state index contributed by atoms with van der Waals surface area (Å²) >= 11 is 3.44. The van der Waals surface area contributed by atoms with Crippen LogP contribution in [0.2, 0.25) is 0 Å². The molecule has 0 amide bonds. The van der Waals surface area contributed by atoms with Gasteiger partial charge in [-0.25, -0.2) is 0 Å². The van der Waals surface area contributed by atoms with E-state index in [-0.39, 0.29) is 5.92 Å². The van der Waals surface area contributed by atoms with Crippen LogP contribution in [0.5, 0.6) is 0 Å². The van der Waals surface area contributed by atoms with Gasteiger partial charge in [-0.1, -0.05) is 28.1 Å². The highest BCUT2D eigenvalue weighted by atomic mass is 79.9. The number of hydrogen-bond donors (Lipinski definition) is 0. The van der Waals surface area contributed by atoms with Crippen LogP contribution in [0.3, 0.4) is 0 Å². The molecule has 0 fully saturated rings. The van der Waals surface area contributed by atoms with Crippen LogP contribution in [0, 0.1) is 11.3 Å². The first-order valence-corrected chi connectivity index (χ1v) is 4.29. The van der Waals surface area contributed by atoms with Gasteiger partial charge in [0.25, 0.3) is 0 Å². The summed E-state index contributed by atoms with van der Waals surface area (Å²) in [4.78, 5) is 0. The van der Waals surface area contributed by atoms with Gasteiger partial charge in [0.2, 0.25) is 0 Å². The standard InChI is InChI=1S/C9H6BrN/c10-9-3-1-2-7-6(5-11)4-8(7)9/h1-3,6H,4H2. The number of nitrogens with zero attached hydrogens (tertiary/aromatic N) is 1.